The van der Waals surface area contributed by atoms with Crippen LogP contribution in [0.25, 0.3) is 0 Å². The maximum atomic E-state index is 13.1. The van der Waals surface area contributed by atoms with E-state index in [0.29, 0.717) is 17.1 Å². The van der Waals surface area contributed by atoms with Crippen LogP contribution < -0.4 is 0 Å². The highest BCUT2D eigenvalue weighted by Gasteiger charge is 2.38. The number of rotatable bonds is 3. The van der Waals surface area contributed by atoms with Crippen molar-refractivity contribution >= 4 is 23.4 Å². The van der Waals surface area contributed by atoms with Crippen LogP contribution in [-0.2, 0) is 4.74 Å². The summed E-state index contributed by atoms with van der Waals surface area (Å²) in [5.74, 6) is 0.695. The van der Waals surface area contributed by atoms with Gasteiger partial charge in [0.05, 0.1) is 6.10 Å². The molecule has 3 nitrogen and oxygen atoms in total. The van der Waals surface area contributed by atoms with Crippen LogP contribution in [0.5, 0.6) is 0 Å². The van der Waals surface area contributed by atoms with Crippen LogP contribution in [0.1, 0.15) is 24.5 Å². The molecule has 1 atom stereocenters. The van der Waals surface area contributed by atoms with E-state index in [-0.39, 0.29) is 10.6 Å². The molecule has 1 N–H and O–H groups in total. The van der Waals surface area contributed by atoms with Crippen molar-refractivity contribution in [3.05, 3.63) is 34.6 Å². The summed E-state index contributed by atoms with van der Waals surface area (Å²) >= 11 is 8.08. The lowest BCUT2D eigenvalue weighted by Crippen LogP contribution is -2.50. The highest BCUT2D eigenvalue weighted by Crippen LogP contribution is 2.39. The summed E-state index contributed by atoms with van der Waals surface area (Å²) in [6.07, 6.45) is 1.46. The van der Waals surface area contributed by atoms with Gasteiger partial charge >= 0.3 is 0 Å². The molecule has 1 aromatic rings. The van der Waals surface area contributed by atoms with E-state index in [2.05, 4.69) is 4.90 Å². The molecule has 3 rings (SSSR count). The minimum absolute atomic E-state index is 0.267. The van der Waals surface area contributed by atoms with Gasteiger partial charge in [-0.15, -0.1) is 0 Å². The molecule has 2 aliphatic heterocycles. The molecule has 2 saturated heterocycles. The molecule has 0 saturated carbocycles. The van der Waals surface area contributed by atoms with Crippen LogP contribution in [0.3, 0.4) is 0 Å². The van der Waals surface area contributed by atoms with E-state index in [4.69, 9.17) is 16.3 Å². The van der Waals surface area contributed by atoms with Crippen molar-refractivity contribution in [3.63, 3.8) is 0 Å². The van der Waals surface area contributed by atoms with Crippen LogP contribution in [0.4, 0.5) is 4.39 Å². The molecule has 1 spiro atoms. The van der Waals surface area contributed by atoms with E-state index in [1.807, 2.05) is 11.8 Å². The zero-order valence-electron chi connectivity index (χ0n) is 12.4. The normalized spacial score (nSPS) is 23.6. The number of hydrogen-bond acceptors (Lipinski definition) is 4. The third-order valence-electron chi connectivity index (χ3n) is 4.48. The van der Waals surface area contributed by atoms with Gasteiger partial charge in [0, 0.05) is 53.9 Å². The number of benzene rings is 1. The van der Waals surface area contributed by atoms with Crippen LogP contribution >= 0.6 is 23.4 Å². The lowest BCUT2D eigenvalue weighted by atomic mass is 9.97. The zero-order valence-corrected chi connectivity index (χ0v) is 14.0. The van der Waals surface area contributed by atoms with Crippen molar-refractivity contribution in [2.24, 2.45) is 0 Å². The Bertz CT molecular complexity index is 519. The summed E-state index contributed by atoms with van der Waals surface area (Å²) in [6, 6.07) is 4.17. The first-order chi connectivity index (χ1) is 10.6. The topological polar surface area (TPSA) is 32.7 Å². The number of thioether (sulfide) groups is 1. The van der Waals surface area contributed by atoms with E-state index in [9.17, 15) is 9.50 Å². The molecule has 0 amide bonds. The Balaban J connectivity index is 1.64. The second kappa shape index (κ2) is 7.05. The van der Waals surface area contributed by atoms with Gasteiger partial charge in [-0.2, -0.15) is 11.8 Å². The molecule has 1 aromatic carbocycles. The molecule has 2 heterocycles. The number of ether oxygens (including phenoxy) is 1. The van der Waals surface area contributed by atoms with Gasteiger partial charge in [-0.05, 0) is 25.0 Å². The van der Waals surface area contributed by atoms with Gasteiger partial charge in [0.2, 0.25) is 0 Å². The second-order valence-electron chi connectivity index (χ2n) is 6.06. The molecule has 0 radical (unpaired) electrons. The fourth-order valence-corrected chi connectivity index (χ4v) is 5.04. The first-order valence-corrected chi connectivity index (χ1v) is 9.01. The Morgan fingerprint density at radius 1 is 1.41 bits per heavy atom. The monoisotopic (exact) mass is 345 g/mol. The Hall–Kier alpha value is -0.330. The Labute approximate surface area is 139 Å². The molecular weight excluding hydrogens is 325 g/mol. The minimum atomic E-state index is -0.687. The fourth-order valence-electron chi connectivity index (χ4n) is 3.24. The van der Waals surface area contributed by atoms with Crippen molar-refractivity contribution in [3.8, 4) is 0 Å². The minimum Gasteiger partial charge on any atom is -0.387 e. The van der Waals surface area contributed by atoms with Gasteiger partial charge in [-0.1, -0.05) is 17.7 Å². The molecular formula is C16H21ClFNO2S. The first-order valence-electron chi connectivity index (χ1n) is 7.65. The molecule has 0 aromatic heterocycles. The lowest BCUT2D eigenvalue weighted by Gasteiger charge is -2.45. The van der Waals surface area contributed by atoms with Gasteiger partial charge in [0.25, 0.3) is 0 Å². The third-order valence-corrected chi connectivity index (χ3v) is 6.35. The number of β-amino-alcohol motifs (C(OH)–C–C–N with tert-alkyl or cyclic N) is 1. The highest BCUT2D eigenvalue weighted by atomic mass is 35.5. The van der Waals surface area contributed by atoms with E-state index in [1.165, 1.54) is 12.1 Å². The number of halogens is 2. The first kappa shape index (κ1) is 16.5. The SMILES string of the molecule is O[C@H](CN1CCSC2(CCOCC2)C1)c1ccc(F)cc1Cl. The summed E-state index contributed by atoms with van der Waals surface area (Å²) < 4.78 is 18.9. The zero-order chi connectivity index (χ0) is 15.6. The van der Waals surface area contributed by atoms with Gasteiger partial charge in [0.15, 0.2) is 0 Å². The average molecular weight is 346 g/mol. The van der Waals surface area contributed by atoms with Gasteiger partial charge < -0.3 is 9.84 Å². The predicted octanol–water partition coefficient (Wildman–Crippen LogP) is 3.11. The third kappa shape index (κ3) is 3.77. The molecule has 0 aliphatic carbocycles. The fraction of sp³-hybridized carbons (Fsp3) is 0.625. The van der Waals surface area contributed by atoms with Crippen molar-refractivity contribution in [2.75, 3.05) is 38.6 Å². The van der Waals surface area contributed by atoms with Crippen LogP contribution in [0.15, 0.2) is 18.2 Å². The van der Waals surface area contributed by atoms with E-state index < -0.39 is 6.10 Å². The van der Waals surface area contributed by atoms with Crippen LogP contribution in [0, 0.1) is 5.82 Å². The Kier molecular flexibility index (Phi) is 5.30. The number of hydrogen-bond donors (Lipinski definition) is 1. The quantitative estimate of drug-likeness (QED) is 0.912. The number of aliphatic hydroxyl groups is 1. The molecule has 2 fully saturated rings. The lowest BCUT2D eigenvalue weighted by molar-refractivity contribution is 0.0523. The number of nitrogens with zero attached hydrogens (tertiary/aromatic N) is 1. The van der Waals surface area contributed by atoms with Crippen LogP contribution in [-0.4, -0.2) is 53.4 Å². The van der Waals surface area contributed by atoms with E-state index >= 15 is 0 Å². The molecule has 6 heteroatoms. The standard InChI is InChI=1S/C16H21ClFNO2S/c17-14-9-12(18)1-2-13(14)15(20)10-19-5-8-22-16(11-19)3-6-21-7-4-16/h1-2,9,15,20H,3-8,10-11H2/t15-/m1/s1. The molecule has 0 bridgehead atoms. The molecule has 0 unspecified atom stereocenters. The van der Waals surface area contributed by atoms with Crippen molar-refractivity contribution < 1.29 is 14.2 Å². The van der Waals surface area contributed by atoms with Gasteiger partial charge in [0.1, 0.15) is 5.82 Å². The molecule has 2 aliphatic rings. The largest absolute Gasteiger partial charge is 0.387 e. The van der Waals surface area contributed by atoms with Crippen LogP contribution in [0.2, 0.25) is 5.02 Å². The summed E-state index contributed by atoms with van der Waals surface area (Å²) in [7, 11) is 0. The second-order valence-corrected chi connectivity index (χ2v) is 8.03. The summed E-state index contributed by atoms with van der Waals surface area (Å²) in [6.45, 7) is 4.12. The molecule has 122 valence electrons. The maximum absolute atomic E-state index is 13.1. The van der Waals surface area contributed by atoms with Gasteiger partial charge in [-0.3, -0.25) is 4.90 Å². The Morgan fingerprint density at radius 3 is 2.91 bits per heavy atom. The summed E-state index contributed by atoms with van der Waals surface area (Å²) in [5, 5.41) is 10.7. The van der Waals surface area contributed by atoms with E-state index in [0.717, 1.165) is 44.9 Å². The van der Waals surface area contributed by atoms with Crippen molar-refractivity contribution in [1.29, 1.82) is 0 Å². The van der Waals surface area contributed by atoms with Crippen molar-refractivity contribution in [1.82, 2.24) is 4.90 Å². The maximum Gasteiger partial charge on any atom is 0.124 e. The number of aliphatic hydroxyl groups excluding tert-OH is 1. The summed E-state index contributed by atoms with van der Waals surface area (Å²) in [4.78, 5) is 2.30. The Morgan fingerprint density at radius 2 is 2.18 bits per heavy atom. The molecule has 22 heavy (non-hydrogen) atoms. The van der Waals surface area contributed by atoms with E-state index in [1.54, 1.807) is 6.07 Å². The van der Waals surface area contributed by atoms with Crippen molar-refractivity contribution in [2.45, 2.75) is 23.7 Å². The average Bonchev–Trinajstić information content (AvgIpc) is 2.48. The highest BCUT2D eigenvalue weighted by molar-refractivity contribution is 8.00. The van der Waals surface area contributed by atoms with Gasteiger partial charge in [-0.25, -0.2) is 4.39 Å². The summed E-state index contributed by atoms with van der Waals surface area (Å²) in [5.41, 5.74) is 0.599. The predicted molar refractivity (Wildman–Crippen MR) is 88.1 cm³/mol. The smallest absolute Gasteiger partial charge is 0.124 e.